The lowest BCUT2D eigenvalue weighted by Crippen LogP contribution is -1.98. The third kappa shape index (κ3) is 5.65. The molecule has 3 heteroatoms. The Morgan fingerprint density at radius 2 is 1.84 bits per heavy atom. The summed E-state index contributed by atoms with van der Waals surface area (Å²) in [5, 5.41) is 9.02. The number of unbranched alkanes of at least 4 members (excludes halogenated alkanes) is 5. The van der Waals surface area contributed by atoms with Gasteiger partial charge in [-0.2, -0.15) is 5.26 Å². The molecule has 0 saturated heterocycles. The molecule has 0 spiro atoms. The van der Waals surface area contributed by atoms with E-state index < -0.39 is 0 Å². The maximum atomic E-state index is 9.02. The molecular formula is C16H22BrNO. The van der Waals surface area contributed by atoms with E-state index in [1.54, 1.807) is 6.07 Å². The predicted molar refractivity (Wildman–Crippen MR) is 82.5 cm³/mol. The molecule has 1 rings (SSSR count). The average Bonchev–Trinajstić information content (AvgIpc) is 2.41. The Kier molecular flexibility index (Phi) is 7.59. The number of rotatable bonds is 8. The van der Waals surface area contributed by atoms with E-state index >= 15 is 0 Å². The second-order valence-corrected chi connectivity index (χ2v) is 5.62. The van der Waals surface area contributed by atoms with Crippen LogP contribution in [0, 0.1) is 18.3 Å². The van der Waals surface area contributed by atoms with Gasteiger partial charge in [0.1, 0.15) is 11.8 Å². The van der Waals surface area contributed by atoms with E-state index in [1.807, 2.05) is 13.0 Å². The molecule has 104 valence electrons. The molecule has 19 heavy (non-hydrogen) atoms. The van der Waals surface area contributed by atoms with E-state index in [9.17, 15) is 0 Å². The topological polar surface area (TPSA) is 33.0 Å². The van der Waals surface area contributed by atoms with Gasteiger partial charge in [-0.15, -0.1) is 0 Å². The molecule has 0 radical (unpaired) electrons. The van der Waals surface area contributed by atoms with Gasteiger partial charge in [0.15, 0.2) is 0 Å². The first kappa shape index (κ1) is 16.0. The van der Waals surface area contributed by atoms with Crippen molar-refractivity contribution in [2.45, 2.75) is 52.4 Å². The standard InChI is InChI=1S/C16H22BrNO/c1-3-4-5-6-7-8-9-19-15-10-13(2)16(17)14(11-15)12-18/h10-11H,3-9H2,1-2H3. The molecule has 0 unspecified atom stereocenters. The van der Waals surface area contributed by atoms with Crippen LogP contribution in [-0.2, 0) is 0 Å². The number of hydrogen-bond donors (Lipinski definition) is 0. The van der Waals surface area contributed by atoms with Gasteiger partial charge in [0, 0.05) is 4.47 Å². The van der Waals surface area contributed by atoms with E-state index in [2.05, 4.69) is 28.9 Å². The summed E-state index contributed by atoms with van der Waals surface area (Å²) < 4.78 is 6.58. The summed E-state index contributed by atoms with van der Waals surface area (Å²) in [6, 6.07) is 5.95. The molecule has 0 bridgehead atoms. The van der Waals surface area contributed by atoms with Gasteiger partial charge >= 0.3 is 0 Å². The minimum Gasteiger partial charge on any atom is -0.494 e. The van der Waals surface area contributed by atoms with Crippen molar-refractivity contribution >= 4 is 15.9 Å². The first-order chi connectivity index (χ1) is 9.19. The molecule has 0 amide bonds. The number of ether oxygens (including phenoxy) is 1. The smallest absolute Gasteiger partial charge is 0.120 e. The summed E-state index contributed by atoms with van der Waals surface area (Å²) >= 11 is 3.41. The molecule has 2 nitrogen and oxygen atoms in total. The van der Waals surface area contributed by atoms with Gasteiger partial charge in [0.25, 0.3) is 0 Å². The van der Waals surface area contributed by atoms with Gasteiger partial charge in [-0.05, 0) is 47.0 Å². The second kappa shape index (κ2) is 8.98. The highest BCUT2D eigenvalue weighted by Crippen LogP contribution is 2.26. The summed E-state index contributed by atoms with van der Waals surface area (Å²) in [5.41, 5.74) is 1.68. The summed E-state index contributed by atoms with van der Waals surface area (Å²) in [6.45, 7) is 4.94. The lowest BCUT2D eigenvalue weighted by atomic mass is 10.1. The molecular weight excluding hydrogens is 302 g/mol. The molecule has 1 aromatic carbocycles. The number of benzene rings is 1. The lowest BCUT2D eigenvalue weighted by molar-refractivity contribution is 0.304. The van der Waals surface area contributed by atoms with Crippen LogP contribution in [0.15, 0.2) is 16.6 Å². The van der Waals surface area contributed by atoms with Gasteiger partial charge in [-0.3, -0.25) is 0 Å². The van der Waals surface area contributed by atoms with E-state index in [0.29, 0.717) is 5.56 Å². The van der Waals surface area contributed by atoms with Crippen molar-refractivity contribution in [2.75, 3.05) is 6.61 Å². The zero-order valence-electron chi connectivity index (χ0n) is 11.8. The van der Waals surface area contributed by atoms with E-state index in [-0.39, 0.29) is 0 Å². The van der Waals surface area contributed by atoms with Crippen LogP contribution in [0.3, 0.4) is 0 Å². The first-order valence-electron chi connectivity index (χ1n) is 7.02. The molecule has 0 fully saturated rings. The average molecular weight is 324 g/mol. The Morgan fingerprint density at radius 1 is 1.16 bits per heavy atom. The SMILES string of the molecule is CCCCCCCCOc1cc(C)c(Br)c(C#N)c1. The molecule has 0 N–H and O–H groups in total. The van der Waals surface area contributed by atoms with Crippen molar-refractivity contribution in [3.8, 4) is 11.8 Å². The van der Waals surface area contributed by atoms with Crippen LogP contribution in [0.25, 0.3) is 0 Å². The minimum absolute atomic E-state index is 0.637. The highest BCUT2D eigenvalue weighted by atomic mass is 79.9. The Morgan fingerprint density at radius 3 is 2.53 bits per heavy atom. The maximum absolute atomic E-state index is 9.02. The number of hydrogen-bond acceptors (Lipinski definition) is 2. The van der Waals surface area contributed by atoms with Gasteiger partial charge < -0.3 is 4.74 Å². The Balaban J connectivity index is 2.34. The summed E-state index contributed by atoms with van der Waals surface area (Å²) in [6.07, 6.45) is 7.54. The quantitative estimate of drug-likeness (QED) is 0.602. The van der Waals surface area contributed by atoms with E-state index in [4.69, 9.17) is 10.00 Å². The predicted octanol–water partition coefficient (Wildman–Crippen LogP) is 5.37. The zero-order valence-corrected chi connectivity index (χ0v) is 13.4. The van der Waals surface area contributed by atoms with Gasteiger partial charge in [-0.25, -0.2) is 0 Å². The van der Waals surface area contributed by atoms with Crippen LogP contribution in [-0.4, -0.2) is 6.61 Å². The van der Waals surface area contributed by atoms with Crippen LogP contribution in [0.5, 0.6) is 5.75 Å². The third-order valence-corrected chi connectivity index (χ3v) is 4.17. The number of halogens is 1. The van der Waals surface area contributed by atoms with Crippen LogP contribution < -0.4 is 4.74 Å². The van der Waals surface area contributed by atoms with Gasteiger partial charge in [-0.1, -0.05) is 39.0 Å². The number of nitrogens with zero attached hydrogens (tertiary/aromatic N) is 1. The highest BCUT2D eigenvalue weighted by Gasteiger charge is 2.06. The summed E-state index contributed by atoms with van der Waals surface area (Å²) in [7, 11) is 0. The second-order valence-electron chi connectivity index (χ2n) is 4.83. The number of nitriles is 1. The third-order valence-electron chi connectivity index (χ3n) is 3.12. The van der Waals surface area contributed by atoms with E-state index in [0.717, 1.165) is 28.8 Å². The van der Waals surface area contributed by atoms with Crippen molar-refractivity contribution in [1.29, 1.82) is 5.26 Å². The van der Waals surface area contributed by atoms with Crippen molar-refractivity contribution < 1.29 is 4.74 Å². The molecule has 0 atom stereocenters. The fraction of sp³-hybridized carbons (Fsp3) is 0.562. The molecule has 0 aliphatic heterocycles. The van der Waals surface area contributed by atoms with Crippen molar-refractivity contribution in [2.24, 2.45) is 0 Å². The fourth-order valence-corrected chi connectivity index (χ4v) is 2.29. The van der Waals surface area contributed by atoms with Crippen molar-refractivity contribution in [1.82, 2.24) is 0 Å². The summed E-state index contributed by atoms with van der Waals surface area (Å²) in [5.74, 6) is 0.797. The fourth-order valence-electron chi connectivity index (χ4n) is 1.97. The normalized spacial score (nSPS) is 10.2. The molecule has 0 aromatic heterocycles. The van der Waals surface area contributed by atoms with Gasteiger partial charge in [0.2, 0.25) is 0 Å². The molecule has 0 heterocycles. The summed E-state index contributed by atoms with van der Waals surface area (Å²) in [4.78, 5) is 0. The first-order valence-corrected chi connectivity index (χ1v) is 7.81. The van der Waals surface area contributed by atoms with E-state index in [1.165, 1.54) is 32.1 Å². The molecule has 1 aromatic rings. The largest absolute Gasteiger partial charge is 0.494 e. The molecule has 0 aliphatic rings. The number of aryl methyl sites for hydroxylation is 1. The zero-order chi connectivity index (χ0) is 14.1. The van der Waals surface area contributed by atoms with Gasteiger partial charge in [0.05, 0.1) is 12.2 Å². The van der Waals surface area contributed by atoms with Crippen LogP contribution in [0.4, 0.5) is 0 Å². The minimum atomic E-state index is 0.637. The lowest BCUT2D eigenvalue weighted by Gasteiger charge is -2.09. The monoisotopic (exact) mass is 323 g/mol. The van der Waals surface area contributed by atoms with Crippen LogP contribution in [0.2, 0.25) is 0 Å². The van der Waals surface area contributed by atoms with Crippen molar-refractivity contribution in [3.63, 3.8) is 0 Å². The molecule has 0 aliphatic carbocycles. The highest BCUT2D eigenvalue weighted by molar-refractivity contribution is 9.10. The molecule has 0 saturated carbocycles. The van der Waals surface area contributed by atoms with Crippen molar-refractivity contribution in [3.05, 3.63) is 27.7 Å². The Labute approximate surface area is 124 Å². The Hall–Kier alpha value is -1.01. The maximum Gasteiger partial charge on any atom is 0.120 e. The van der Waals surface area contributed by atoms with Crippen LogP contribution >= 0.6 is 15.9 Å². The Bertz CT molecular complexity index is 437. The van der Waals surface area contributed by atoms with Crippen LogP contribution in [0.1, 0.15) is 56.6 Å².